The normalized spacial score (nSPS) is 27.5. The van der Waals surface area contributed by atoms with Crippen LogP contribution in [0.5, 0.6) is 5.75 Å². The highest BCUT2D eigenvalue weighted by atomic mass is 32.2. The Morgan fingerprint density at radius 3 is 2.82 bits per heavy atom. The Balaban J connectivity index is 1.92. The third-order valence-corrected chi connectivity index (χ3v) is 6.94. The zero-order chi connectivity index (χ0) is 15.1. The first-order valence-electron chi connectivity index (χ1n) is 7.94. The number of hydrogen-bond acceptors (Lipinski definition) is 2. The lowest BCUT2D eigenvalue weighted by atomic mass is 9.90. The average Bonchev–Trinajstić information content (AvgIpc) is 2.53. The van der Waals surface area contributed by atoms with Gasteiger partial charge < -0.3 is 4.74 Å². The van der Waals surface area contributed by atoms with Crippen molar-refractivity contribution in [2.45, 2.75) is 36.2 Å². The summed E-state index contributed by atoms with van der Waals surface area (Å²) in [6.07, 6.45) is 6.52. The van der Waals surface area contributed by atoms with Crippen molar-refractivity contribution >= 4 is 27.1 Å². The molecule has 0 amide bonds. The number of allylic oxidation sites excluding steroid dienone is 1. The SMILES string of the molecule is COc1ccc2ccccc2c1C1=CC2CCCC(C1)S2=O. The first-order valence-corrected chi connectivity index (χ1v) is 9.21. The maximum atomic E-state index is 12.4. The summed E-state index contributed by atoms with van der Waals surface area (Å²) in [6, 6.07) is 12.6. The predicted octanol–water partition coefficient (Wildman–Crippen LogP) is 4.31. The highest BCUT2D eigenvalue weighted by Crippen LogP contribution is 2.42. The highest BCUT2D eigenvalue weighted by Gasteiger charge is 2.34. The molecule has 2 aliphatic rings. The Bertz CT molecular complexity index is 778. The van der Waals surface area contributed by atoms with Crippen LogP contribution in [-0.2, 0) is 10.8 Å². The Kier molecular flexibility index (Phi) is 3.53. The fourth-order valence-corrected chi connectivity index (χ4v) is 5.77. The molecule has 0 saturated carbocycles. The average molecular weight is 312 g/mol. The van der Waals surface area contributed by atoms with E-state index in [9.17, 15) is 4.21 Å². The predicted molar refractivity (Wildman–Crippen MR) is 92.7 cm³/mol. The third-order valence-electron chi connectivity index (χ3n) is 4.91. The number of fused-ring (bicyclic) bond motifs is 3. The van der Waals surface area contributed by atoms with Gasteiger partial charge in [-0.2, -0.15) is 0 Å². The number of methoxy groups -OCH3 is 1. The van der Waals surface area contributed by atoms with E-state index in [1.54, 1.807) is 7.11 Å². The maximum Gasteiger partial charge on any atom is 0.126 e. The topological polar surface area (TPSA) is 26.3 Å². The molecule has 2 aliphatic heterocycles. The molecule has 3 unspecified atom stereocenters. The van der Waals surface area contributed by atoms with Crippen molar-refractivity contribution in [3.05, 3.63) is 48.0 Å². The van der Waals surface area contributed by atoms with E-state index >= 15 is 0 Å². The lowest BCUT2D eigenvalue weighted by molar-refractivity contribution is 0.414. The van der Waals surface area contributed by atoms with Crippen molar-refractivity contribution in [3.8, 4) is 5.75 Å². The van der Waals surface area contributed by atoms with Gasteiger partial charge in [-0.15, -0.1) is 0 Å². The Labute approximate surface area is 133 Å². The molecule has 2 nitrogen and oxygen atoms in total. The number of benzene rings is 2. The zero-order valence-corrected chi connectivity index (χ0v) is 13.6. The van der Waals surface area contributed by atoms with Crippen LogP contribution in [0.15, 0.2) is 42.5 Å². The monoisotopic (exact) mass is 312 g/mol. The van der Waals surface area contributed by atoms with Gasteiger partial charge in [-0.3, -0.25) is 4.21 Å². The lowest BCUT2D eigenvalue weighted by Gasteiger charge is -2.33. The van der Waals surface area contributed by atoms with E-state index in [1.165, 1.54) is 28.3 Å². The molecule has 2 heterocycles. The second-order valence-corrected chi connectivity index (χ2v) is 8.11. The van der Waals surface area contributed by atoms with Gasteiger partial charge in [-0.1, -0.05) is 42.8 Å². The zero-order valence-electron chi connectivity index (χ0n) is 12.7. The van der Waals surface area contributed by atoms with Crippen molar-refractivity contribution in [2.75, 3.05) is 7.11 Å². The van der Waals surface area contributed by atoms with Gasteiger partial charge >= 0.3 is 0 Å². The minimum Gasteiger partial charge on any atom is -0.496 e. The third kappa shape index (κ3) is 2.19. The molecular formula is C19H20O2S. The Morgan fingerprint density at radius 2 is 2.00 bits per heavy atom. The minimum atomic E-state index is -0.690. The molecular weight excluding hydrogens is 292 g/mol. The van der Waals surface area contributed by atoms with Crippen LogP contribution in [0.1, 0.15) is 31.2 Å². The van der Waals surface area contributed by atoms with Gasteiger partial charge in [0.25, 0.3) is 0 Å². The molecule has 0 aromatic heterocycles. The molecule has 0 radical (unpaired) electrons. The Hall–Kier alpha value is -1.61. The molecule has 4 rings (SSSR count). The van der Waals surface area contributed by atoms with Crippen LogP contribution in [0.4, 0.5) is 0 Å². The van der Waals surface area contributed by atoms with Gasteiger partial charge in [-0.05, 0) is 41.7 Å². The van der Waals surface area contributed by atoms with Crippen LogP contribution in [0, 0.1) is 0 Å². The smallest absolute Gasteiger partial charge is 0.126 e. The fourth-order valence-electron chi connectivity index (χ4n) is 3.84. The largest absolute Gasteiger partial charge is 0.496 e. The minimum absolute atomic E-state index is 0.228. The van der Waals surface area contributed by atoms with E-state index < -0.39 is 10.8 Å². The number of hydrogen-bond donors (Lipinski definition) is 0. The summed E-state index contributed by atoms with van der Waals surface area (Å²) in [5, 5.41) is 3.02. The van der Waals surface area contributed by atoms with E-state index in [2.05, 4.69) is 42.5 Å². The van der Waals surface area contributed by atoms with E-state index in [4.69, 9.17) is 4.74 Å². The van der Waals surface area contributed by atoms with Crippen LogP contribution in [0.3, 0.4) is 0 Å². The quantitative estimate of drug-likeness (QED) is 0.826. The molecule has 3 heteroatoms. The molecule has 1 fully saturated rings. The summed E-state index contributed by atoms with van der Waals surface area (Å²) in [5.41, 5.74) is 2.53. The van der Waals surface area contributed by atoms with E-state index in [1.807, 2.05) is 0 Å². The molecule has 0 N–H and O–H groups in total. The summed E-state index contributed by atoms with van der Waals surface area (Å²) >= 11 is 0. The van der Waals surface area contributed by atoms with Crippen LogP contribution in [0.2, 0.25) is 0 Å². The molecule has 2 bridgehead atoms. The van der Waals surface area contributed by atoms with Gasteiger partial charge in [0.15, 0.2) is 0 Å². The van der Waals surface area contributed by atoms with Crippen molar-refractivity contribution in [1.82, 2.24) is 0 Å². The second-order valence-electron chi connectivity index (χ2n) is 6.18. The van der Waals surface area contributed by atoms with E-state index in [-0.39, 0.29) is 5.25 Å². The number of rotatable bonds is 2. The van der Waals surface area contributed by atoms with Crippen LogP contribution < -0.4 is 4.74 Å². The van der Waals surface area contributed by atoms with Gasteiger partial charge in [-0.25, -0.2) is 0 Å². The molecule has 114 valence electrons. The standard InChI is InChI=1S/C19H20O2S/c1-21-18-10-9-13-5-2-3-8-17(13)19(18)14-11-15-6-4-7-16(12-14)22(15)20/h2-3,5,8-11,15-16H,4,6-7,12H2,1H3. The van der Waals surface area contributed by atoms with Gasteiger partial charge in [0.05, 0.1) is 12.4 Å². The fraction of sp³-hybridized carbons (Fsp3) is 0.368. The van der Waals surface area contributed by atoms with E-state index in [0.717, 1.165) is 25.0 Å². The molecule has 0 aliphatic carbocycles. The van der Waals surface area contributed by atoms with E-state index in [0.29, 0.717) is 5.25 Å². The van der Waals surface area contributed by atoms with Gasteiger partial charge in [0.2, 0.25) is 0 Å². The van der Waals surface area contributed by atoms with Crippen LogP contribution in [0.25, 0.3) is 16.3 Å². The van der Waals surface area contributed by atoms with Crippen molar-refractivity contribution in [2.24, 2.45) is 0 Å². The first kappa shape index (κ1) is 14.0. The molecule has 3 atom stereocenters. The van der Waals surface area contributed by atoms with Crippen molar-refractivity contribution in [1.29, 1.82) is 0 Å². The van der Waals surface area contributed by atoms with Crippen LogP contribution >= 0.6 is 0 Å². The molecule has 2 aromatic rings. The first-order chi connectivity index (χ1) is 10.8. The molecule has 0 spiro atoms. The number of ether oxygens (including phenoxy) is 1. The van der Waals surface area contributed by atoms with Crippen molar-refractivity contribution < 1.29 is 8.95 Å². The van der Waals surface area contributed by atoms with Crippen LogP contribution in [-0.4, -0.2) is 21.8 Å². The molecule has 22 heavy (non-hydrogen) atoms. The van der Waals surface area contributed by atoms with Gasteiger partial charge in [0, 0.05) is 21.6 Å². The summed E-state index contributed by atoms with van der Waals surface area (Å²) in [6.45, 7) is 0. The second kappa shape index (κ2) is 5.54. The highest BCUT2D eigenvalue weighted by molar-refractivity contribution is 7.86. The molecule has 2 aromatic carbocycles. The molecule has 1 saturated heterocycles. The van der Waals surface area contributed by atoms with Gasteiger partial charge in [0.1, 0.15) is 5.75 Å². The summed E-state index contributed by atoms with van der Waals surface area (Å²) in [4.78, 5) is 0. The van der Waals surface area contributed by atoms with Crippen molar-refractivity contribution in [3.63, 3.8) is 0 Å². The Morgan fingerprint density at radius 1 is 1.14 bits per heavy atom. The lowest BCUT2D eigenvalue weighted by Crippen LogP contribution is -2.33. The summed E-state index contributed by atoms with van der Waals surface area (Å²) < 4.78 is 18.1. The maximum absolute atomic E-state index is 12.4. The summed E-state index contributed by atoms with van der Waals surface area (Å²) in [7, 11) is 1.04. The summed E-state index contributed by atoms with van der Waals surface area (Å²) in [5.74, 6) is 0.927.